The number of methoxy groups -OCH3 is 1. The van der Waals surface area contributed by atoms with E-state index in [1.54, 1.807) is 31.4 Å². The molecule has 0 saturated carbocycles. The summed E-state index contributed by atoms with van der Waals surface area (Å²) >= 11 is 0. The van der Waals surface area contributed by atoms with Crippen molar-refractivity contribution in [2.75, 3.05) is 38.4 Å². The molecule has 0 spiro atoms. The monoisotopic (exact) mass is 487 g/mol. The smallest absolute Gasteiger partial charge is 0.350 e. The van der Waals surface area contributed by atoms with Crippen LogP contribution in [0.15, 0.2) is 60.8 Å². The van der Waals surface area contributed by atoms with Crippen LogP contribution in [0.3, 0.4) is 0 Å². The summed E-state index contributed by atoms with van der Waals surface area (Å²) in [6.07, 6.45) is 2.87. The summed E-state index contributed by atoms with van der Waals surface area (Å²) in [5.74, 6) is -3.54. The second-order valence-corrected chi connectivity index (χ2v) is 8.48. The van der Waals surface area contributed by atoms with Gasteiger partial charge in [0.2, 0.25) is 5.66 Å². The lowest BCUT2D eigenvalue weighted by Gasteiger charge is -2.29. The van der Waals surface area contributed by atoms with Gasteiger partial charge in [-0.1, -0.05) is 24.3 Å². The van der Waals surface area contributed by atoms with Gasteiger partial charge in [-0.15, -0.1) is 0 Å². The van der Waals surface area contributed by atoms with Crippen LogP contribution >= 0.6 is 0 Å². The van der Waals surface area contributed by atoms with Gasteiger partial charge in [-0.2, -0.15) is 5.43 Å². The molecule has 11 heteroatoms. The molecule has 35 heavy (non-hydrogen) atoms. The van der Waals surface area contributed by atoms with Gasteiger partial charge in [-0.3, -0.25) is 9.91 Å². The lowest BCUT2D eigenvalue weighted by atomic mass is 9.94. The zero-order valence-corrected chi connectivity index (χ0v) is 19.1. The number of hydrogen-bond donors (Lipinski definition) is 4. The molecule has 0 aliphatic carbocycles. The van der Waals surface area contributed by atoms with E-state index < -0.39 is 35.3 Å². The lowest BCUT2D eigenvalue weighted by molar-refractivity contribution is -0.143. The maximum atomic E-state index is 13.9. The molecule has 0 aromatic heterocycles. The molecule has 2 aromatic rings. The van der Waals surface area contributed by atoms with Crippen molar-refractivity contribution in [1.82, 2.24) is 21.0 Å². The number of hydrazine groups is 1. The summed E-state index contributed by atoms with van der Waals surface area (Å²) in [4.78, 5) is 27.1. The molecular formula is C24H27F2N5O4. The van der Waals surface area contributed by atoms with Crippen molar-refractivity contribution in [1.29, 1.82) is 0 Å². The number of anilines is 1. The minimum atomic E-state index is -1.87. The number of carboxylic acids is 1. The summed E-state index contributed by atoms with van der Waals surface area (Å²) in [5, 5.41) is 16.7. The molecule has 1 saturated heterocycles. The number of ether oxygens (including phenoxy) is 1. The maximum Gasteiger partial charge on any atom is 0.350 e. The van der Waals surface area contributed by atoms with Gasteiger partial charge in [0.05, 0.1) is 18.3 Å². The number of carbonyl (C=O) groups excluding carboxylic acids is 1. The van der Waals surface area contributed by atoms with E-state index in [0.29, 0.717) is 37.5 Å². The highest BCUT2D eigenvalue weighted by Gasteiger charge is 2.44. The van der Waals surface area contributed by atoms with E-state index in [1.807, 2.05) is 11.0 Å². The third-order valence-electron chi connectivity index (χ3n) is 6.15. The van der Waals surface area contributed by atoms with Gasteiger partial charge in [0, 0.05) is 38.9 Å². The van der Waals surface area contributed by atoms with Crippen LogP contribution in [0.2, 0.25) is 0 Å². The van der Waals surface area contributed by atoms with Crippen LogP contribution in [0.4, 0.5) is 19.3 Å². The molecule has 0 bridgehead atoms. The van der Waals surface area contributed by atoms with Crippen molar-refractivity contribution >= 4 is 17.7 Å². The van der Waals surface area contributed by atoms with Crippen molar-refractivity contribution in [3.05, 3.63) is 78.0 Å². The number of carboxylic acid groups (broad SMARTS) is 1. The minimum Gasteiger partial charge on any atom is -0.478 e. The van der Waals surface area contributed by atoms with E-state index in [-0.39, 0.29) is 5.92 Å². The number of nitrogens with one attached hydrogen (secondary N) is 3. The number of hydrogen-bond acceptors (Lipinski definition) is 6. The first-order valence-electron chi connectivity index (χ1n) is 11.1. The first-order chi connectivity index (χ1) is 16.8. The lowest BCUT2D eigenvalue weighted by Crippen LogP contribution is -2.66. The molecule has 9 nitrogen and oxygen atoms in total. The number of benzene rings is 2. The van der Waals surface area contributed by atoms with Crippen molar-refractivity contribution in [3.63, 3.8) is 0 Å². The van der Waals surface area contributed by atoms with E-state index in [0.717, 1.165) is 12.1 Å². The minimum absolute atomic E-state index is 0.332. The Balaban J connectivity index is 1.48. The zero-order chi connectivity index (χ0) is 25.0. The molecule has 0 radical (unpaired) electrons. The molecule has 3 atom stereocenters. The standard InChI is InChI=1S/C24H27F2N5O4/c1-35-12-11-30-14-18(16-7-8-19(25)20(26)13-16)21(15-30)27-23(34)28-24(22(32)33)9-10-31(29-24)17-5-3-2-4-6-17/h2-10,13,18,21,29H,11-12,14-15H2,1H3,(H,32,33)(H2,27,28,34)/t18-,21+,24?/m0/s1. The molecule has 4 N–H and O–H groups in total. The number of amides is 2. The van der Waals surface area contributed by atoms with Crippen LogP contribution in [0.5, 0.6) is 0 Å². The first-order valence-corrected chi connectivity index (χ1v) is 11.1. The molecule has 1 fully saturated rings. The molecule has 2 aliphatic heterocycles. The molecule has 1 unspecified atom stereocenters. The highest BCUT2D eigenvalue weighted by molar-refractivity contribution is 5.89. The number of aliphatic carboxylic acids is 1. The second kappa shape index (κ2) is 10.4. The number of urea groups is 1. The predicted molar refractivity (Wildman–Crippen MR) is 124 cm³/mol. The fraction of sp³-hybridized carbons (Fsp3) is 0.333. The van der Waals surface area contributed by atoms with Gasteiger partial charge in [-0.05, 0) is 35.9 Å². The Morgan fingerprint density at radius 2 is 1.94 bits per heavy atom. The molecule has 4 rings (SSSR count). The quantitative estimate of drug-likeness (QED) is 0.451. The van der Waals surface area contributed by atoms with Crippen LogP contribution in [0.25, 0.3) is 0 Å². The Morgan fingerprint density at radius 1 is 1.17 bits per heavy atom. The summed E-state index contributed by atoms with van der Waals surface area (Å²) in [6, 6.07) is 11.5. The van der Waals surface area contributed by atoms with Crippen LogP contribution in [-0.2, 0) is 9.53 Å². The van der Waals surface area contributed by atoms with Crippen LogP contribution in [0.1, 0.15) is 11.5 Å². The molecule has 2 amide bonds. The van der Waals surface area contributed by atoms with E-state index in [2.05, 4.69) is 16.1 Å². The Bertz CT molecular complexity index is 1100. The Morgan fingerprint density at radius 3 is 2.63 bits per heavy atom. The SMILES string of the molecule is COCCN1C[C@@H](NC(=O)NC2(C(=O)O)C=CN(c3ccccc3)N2)[C@H](c2ccc(F)c(F)c2)C1. The van der Waals surface area contributed by atoms with Gasteiger partial charge >= 0.3 is 12.0 Å². The third-order valence-corrected chi connectivity index (χ3v) is 6.15. The van der Waals surface area contributed by atoms with Crippen LogP contribution in [0, 0.1) is 11.6 Å². The van der Waals surface area contributed by atoms with Gasteiger partial charge in [0.15, 0.2) is 11.6 Å². The third kappa shape index (κ3) is 5.42. The molecule has 2 heterocycles. The second-order valence-electron chi connectivity index (χ2n) is 8.48. The predicted octanol–water partition coefficient (Wildman–Crippen LogP) is 2.00. The topological polar surface area (TPSA) is 106 Å². The first kappa shape index (κ1) is 24.6. The van der Waals surface area contributed by atoms with E-state index in [4.69, 9.17) is 4.74 Å². The van der Waals surface area contributed by atoms with Gasteiger partial charge < -0.3 is 20.5 Å². The highest BCUT2D eigenvalue weighted by Crippen LogP contribution is 2.29. The van der Waals surface area contributed by atoms with Crippen molar-refractivity contribution in [2.24, 2.45) is 0 Å². The fourth-order valence-corrected chi connectivity index (χ4v) is 4.33. The number of rotatable bonds is 8. The average molecular weight is 488 g/mol. The fourth-order valence-electron chi connectivity index (χ4n) is 4.33. The molecule has 186 valence electrons. The summed E-state index contributed by atoms with van der Waals surface area (Å²) in [7, 11) is 1.58. The largest absolute Gasteiger partial charge is 0.478 e. The highest BCUT2D eigenvalue weighted by atomic mass is 19.2. The molecular weight excluding hydrogens is 460 g/mol. The van der Waals surface area contributed by atoms with E-state index >= 15 is 0 Å². The number of nitrogens with zero attached hydrogens (tertiary/aromatic N) is 2. The summed E-state index contributed by atoms with van der Waals surface area (Å²) in [6.45, 7) is 1.98. The van der Waals surface area contributed by atoms with E-state index in [9.17, 15) is 23.5 Å². The van der Waals surface area contributed by atoms with Crippen LogP contribution < -0.4 is 21.1 Å². The van der Waals surface area contributed by atoms with Crippen LogP contribution in [-0.4, -0.2) is 67.1 Å². The Labute approximate surface area is 201 Å². The summed E-state index contributed by atoms with van der Waals surface area (Å²) in [5.41, 5.74) is 2.16. The van der Waals surface area contributed by atoms with Crippen molar-refractivity contribution in [3.8, 4) is 0 Å². The molecule has 2 aliphatic rings. The normalized spacial score (nSPS) is 24.0. The number of halogens is 2. The number of para-hydroxylation sites is 1. The zero-order valence-electron chi connectivity index (χ0n) is 19.1. The maximum absolute atomic E-state index is 13.9. The van der Waals surface area contributed by atoms with Crippen molar-refractivity contribution < 1.29 is 28.2 Å². The van der Waals surface area contributed by atoms with Gasteiger partial charge in [0.1, 0.15) is 0 Å². The van der Waals surface area contributed by atoms with E-state index in [1.165, 1.54) is 23.4 Å². The Kier molecular flexibility index (Phi) is 7.29. The average Bonchev–Trinajstić information content (AvgIpc) is 3.45. The van der Waals surface area contributed by atoms with Gasteiger partial charge in [0.25, 0.3) is 0 Å². The molecule has 2 aromatic carbocycles. The van der Waals surface area contributed by atoms with Gasteiger partial charge in [-0.25, -0.2) is 18.4 Å². The number of carbonyl (C=O) groups is 2. The summed E-state index contributed by atoms with van der Waals surface area (Å²) < 4.78 is 32.5. The van der Waals surface area contributed by atoms with Crippen molar-refractivity contribution in [2.45, 2.75) is 17.6 Å². The number of likely N-dealkylation sites (tertiary alicyclic amines) is 1. The Hall–Kier alpha value is -3.54.